The average Bonchev–Trinajstić information content (AvgIpc) is 2.54. The van der Waals surface area contributed by atoms with Crippen LogP contribution in [0, 0.1) is 10.1 Å². The molecule has 0 radical (unpaired) electrons. The molecule has 0 atom stereocenters. The van der Waals surface area contributed by atoms with Gasteiger partial charge in [-0.2, -0.15) is 10.2 Å². The Morgan fingerprint density at radius 2 is 1.82 bits per heavy atom. The van der Waals surface area contributed by atoms with Gasteiger partial charge in [0.2, 0.25) is 6.04 Å². The number of nitrogens with zero attached hydrogens (tertiary/aromatic N) is 3. The van der Waals surface area contributed by atoms with Crippen LogP contribution in [-0.4, -0.2) is 22.1 Å². The topological polar surface area (TPSA) is 88.1 Å². The lowest BCUT2D eigenvalue weighted by molar-refractivity contribution is -0.526. The minimum atomic E-state index is -0.447. The summed E-state index contributed by atoms with van der Waals surface area (Å²) >= 11 is 0. The molecule has 1 fully saturated rings. The van der Waals surface area contributed by atoms with Crippen molar-refractivity contribution in [2.45, 2.75) is 37.8 Å². The van der Waals surface area contributed by atoms with Crippen molar-refractivity contribution >= 4 is 16.5 Å². The second kappa shape index (κ2) is 6.09. The van der Waals surface area contributed by atoms with Crippen LogP contribution in [0.1, 0.15) is 25.7 Å². The fraction of sp³-hybridized carbons (Fsp3) is 0.375. The van der Waals surface area contributed by atoms with Gasteiger partial charge in [-0.1, -0.05) is 30.3 Å². The molecule has 0 spiro atoms. The molecule has 3 rings (SSSR count). The Labute approximate surface area is 127 Å². The number of hydrogen-bond acceptors (Lipinski definition) is 5. The smallest absolute Gasteiger partial charge is 0.213 e. The molecule has 1 aliphatic carbocycles. The van der Waals surface area contributed by atoms with E-state index in [1.807, 2.05) is 30.3 Å². The Bertz CT molecular complexity index is 722. The molecule has 6 nitrogen and oxygen atoms in total. The molecule has 2 aromatic rings. The number of aromatic hydroxyl groups is 1. The zero-order valence-corrected chi connectivity index (χ0v) is 12.1. The molecule has 0 aromatic heterocycles. The summed E-state index contributed by atoms with van der Waals surface area (Å²) in [4.78, 5) is 10.5. The van der Waals surface area contributed by atoms with Crippen molar-refractivity contribution in [2.24, 2.45) is 10.2 Å². The van der Waals surface area contributed by atoms with Crippen LogP contribution in [0.2, 0.25) is 0 Å². The molecular formula is C16H17N3O3. The van der Waals surface area contributed by atoms with Crippen molar-refractivity contribution in [2.75, 3.05) is 0 Å². The molecule has 0 bridgehead atoms. The van der Waals surface area contributed by atoms with Crippen molar-refractivity contribution in [1.82, 2.24) is 0 Å². The average molecular weight is 299 g/mol. The molecular weight excluding hydrogens is 282 g/mol. The van der Waals surface area contributed by atoms with E-state index in [4.69, 9.17) is 0 Å². The molecule has 22 heavy (non-hydrogen) atoms. The third-order valence-corrected chi connectivity index (χ3v) is 4.16. The quantitative estimate of drug-likeness (QED) is 0.523. The van der Waals surface area contributed by atoms with Gasteiger partial charge in [0.05, 0.1) is 6.04 Å². The van der Waals surface area contributed by atoms with Crippen molar-refractivity contribution in [3.63, 3.8) is 0 Å². The number of benzene rings is 2. The summed E-state index contributed by atoms with van der Waals surface area (Å²) in [5.41, 5.74) is 0.467. The third-order valence-electron chi connectivity index (χ3n) is 4.16. The minimum absolute atomic E-state index is 0.00503. The molecule has 2 aromatic carbocycles. The summed E-state index contributed by atoms with van der Waals surface area (Å²) in [6, 6.07) is 10.7. The zero-order chi connectivity index (χ0) is 15.5. The molecule has 0 unspecified atom stereocenters. The Morgan fingerprint density at radius 3 is 2.55 bits per heavy atom. The van der Waals surface area contributed by atoms with Crippen molar-refractivity contribution in [1.29, 1.82) is 0 Å². The summed E-state index contributed by atoms with van der Waals surface area (Å²) in [6.45, 7) is 0. The number of phenolic OH excluding ortho intramolecular Hbond substituents is 1. The lowest BCUT2D eigenvalue weighted by atomic mass is 9.92. The van der Waals surface area contributed by atoms with E-state index in [2.05, 4.69) is 10.2 Å². The number of fused-ring (bicyclic) bond motifs is 1. The summed E-state index contributed by atoms with van der Waals surface area (Å²) in [6.07, 6.45) is 2.41. The summed E-state index contributed by atoms with van der Waals surface area (Å²) in [7, 11) is 0. The summed E-state index contributed by atoms with van der Waals surface area (Å²) in [5, 5.41) is 31.1. The molecule has 1 aliphatic rings. The maximum absolute atomic E-state index is 10.7. The van der Waals surface area contributed by atoms with Gasteiger partial charge in [-0.3, -0.25) is 10.1 Å². The lowest BCUT2D eigenvalue weighted by Gasteiger charge is -2.19. The maximum atomic E-state index is 10.7. The standard InChI is InChI=1S/C16H17N3O3/c20-15-10-5-11-3-1-2-4-14(11)16(15)18-17-12-6-8-13(9-7-12)19(21)22/h1-5,10,12-13,20H,6-9H2. The Kier molecular flexibility index (Phi) is 4.00. The van der Waals surface area contributed by atoms with Gasteiger partial charge in [-0.05, 0) is 24.3 Å². The molecule has 0 aliphatic heterocycles. The zero-order valence-electron chi connectivity index (χ0n) is 12.1. The van der Waals surface area contributed by atoms with Gasteiger partial charge in [0.15, 0.2) is 0 Å². The SMILES string of the molecule is O=[N+]([O-])C1CCC(N=Nc2c(O)ccc3ccccc23)CC1. The number of hydrogen-bond donors (Lipinski definition) is 1. The van der Waals surface area contributed by atoms with Crippen LogP contribution in [-0.2, 0) is 0 Å². The van der Waals surface area contributed by atoms with Gasteiger partial charge in [0.1, 0.15) is 11.4 Å². The number of azo groups is 1. The highest BCUT2D eigenvalue weighted by molar-refractivity contribution is 5.95. The van der Waals surface area contributed by atoms with E-state index in [0.717, 1.165) is 10.8 Å². The van der Waals surface area contributed by atoms with Gasteiger partial charge in [-0.25, -0.2) is 0 Å². The third kappa shape index (κ3) is 2.90. The largest absolute Gasteiger partial charge is 0.506 e. The van der Waals surface area contributed by atoms with Gasteiger partial charge in [0, 0.05) is 23.2 Å². The Morgan fingerprint density at radius 1 is 1.09 bits per heavy atom. The fourth-order valence-electron chi connectivity index (χ4n) is 2.87. The van der Waals surface area contributed by atoms with Gasteiger partial charge in [0.25, 0.3) is 0 Å². The Hall–Kier alpha value is -2.50. The normalized spacial score (nSPS) is 22.2. The molecule has 0 saturated heterocycles. The van der Waals surface area contributed by atoms with Gasteiger partial charge in [-0.15, -0.1) is 0 Å². The van der Waals surface area contributed by atoms with Crippen LogP contribution in [0.3, 0.4) is 0 Å². The van der Waals surface area contributed by atoms with E-state index in [0.29, 0.717) is 31.4 Å². The van der Waals surface area contributed by atoms with Crippen LogP contribution in [0.4, 0.5) is 5.69 Å². The van der Waals surface area contributed by atoms with Crippen molar-refractivity contribution in [3.05, 3.63) is 46.5 Å². The van der Waals surface area contributed by atoms with Gasteiger partial charge >= 0.3 is 0 Å². The van der Waals surface area contributed by atoms with Gasteiger partial charge < -0.3 is 5.11 Å². The van der Waals surface area contributed by atoms with Crippen molar-refractivity contribution < 1.29 is 10.0 Å². The van der Waals surface area contributed by atoms with Crippen LogP contribution in [0.15, 0.2) is 46.6 Å². The molecule has 6 heteroatoms. The maximum Gasteiger partial charge on any atom is 0.213 e. The first-order valence-electron chi connectivity index (χ1n) is 7.40. The fourth-order valence-corrected chi connectivity index (χ4v) is 2.87. The second-order valence-electron chi connectivity index (χ2n) is 5.62. The highest BCUT2D eigenvalue weighted by Crippen LogP contribution is 2.36. The van der Waals surface area contributed by atoms with E-state index in [1.54, 1.807) is 6.07 Å². The highest BCUT2D eigenvalue weighted by Gasteiger charge is 2.28. The predicted octanol–water partition coefficient (Wildman–Crippen LogP) is 4.22. The number of nitro groups is 1. The van der Waals surface area contributed by atoms with E-state index in [9.17, 15) is 15.2 Å². The lowest BCUT2D eigenvalue weighted by Crippen LogP contribution is -2.27. The van der Waals surface area contributed by atoms with Crippen LogP contribution >= 0.6 is 0 Å². The summed E-state index contributed by atoms with van der Waals surface area (Å²) in [5.74, 6) is 0.0985. The molecule has 1 N–H and O–H groups in total. The minimum Gasteiger partial charge on any atom is -0.506 e. The number of phenols is 1. The first kappa shape index (κ1) is 14.4. The van der Waals surface area contributed by atoms with Crippen molar-refractivity contribution in [3.8, 4) is 5.75 Å². The Balaban J connectivity index is 1.79. The number of rotatable bonds is 3. The molecule has 1 saturated carbocycles. The summed E-state index contributed by atoms with van der Waals surface area (Å²) < 4.78 is 0. The first-order chi connectivity index (χ1) is 10.6. The molecule has 0 amide bonds. The van der Waals surface area contributed by atoms with Crippen LogP contribution < -0.4 is 0 Å². The molecule has 0 heterocycles. The van der Waals surface area contributed by atoms with E-state index >= 15 is 0 Å². The predicted molar refractivity (Wildman–Crippen MR) is 83.2 cm³/mol. The second-order valence-corrected chi connectivity index (χ2v) is 5.62. The monoisotopic (exact) mass is 299 g/mol. The van der Waals surface area contributed by atoms with Crippen LogP contribution in [0.25, 0.3) is 10.8 Å². The molecule has 114 valence electrons. The highest BCUT2D eigenvalue weighted by atomic mass is 16.6. The van der Waals surface area contributed by atoms with E-state index in [1.165, 1.54) is 0 Å². The first-order valence-corrected chi connectivity index (χ1v) is 7.40. The van der Waals surface area contributed by atoms with E-state index in [-0.39, 0.29) is 16.7 Å². The van der Waals surface area contributed by atoms with E-state index < -0.39 is 6.04 Å². The van der Waals surface area contributed by atoms with Crippen LogP contribution in [0.5, 0.6) is 5.75 Å².